The molecule has 1 saturated heterocycles. The maximum Gasteiger partial charge on any atom is 0.410 e. The Kier molecular flexibility index (Phi) is 7.01. The Labute approximate surface area is 198 Å². The molecule has 3 aromatic rings. The minimum Gasteiger partial charge on any atom is -0.445 e. The molecule has 4 rings (SSSR count). The first-order chi connectivity index (χ1) is 15.9. The molecule has 0 aromatic heterocycles. The predicted octanol–water partition coefficient (Wildman–Crippen LogP) is 4.97. The van der Waals surface area contributed by atoms with Crippen molar-refractivity contribution < 1.29 is 14.0 Å². The summed E-state index contributed by atoms with van der Waals surface area (Å²) < 4.78 is 12.7. The van der Waals surface area contributed by atoms with Crippen LogP contribution in [0.5, 0.6) is 0 Å². The highest BCUT2D eigenvalue weighted by molar-refractivity contribution is 6.99. The maximum atomic E-state index is 12.7. The van der Waals surface area contributed by atoms with Crippen molar-refractivity contribution in [2.45, 2.75) is 44.9 Å². The molecule has 1 aliphatic rings. The van der Waals surface area contributed by atoms with E-state index in [1.54, 1.807) is 4.90 Å². The van der Waals surface area contributed by atoms with E-state index in [1.165, 1.54) is 10.4 Å². The van der Waals surface area contributed by atoms with Crippen molar-refractivity contribution in [3.05, 3.63) is 96.6 Å². The third-order valence-corrected chi connectivity index (χ3v) is 11.5. The molecule has 0 radical (unpaired) electrons. The minimum atomic E-state index is -2.63. The van der Waals surface area contributed by atoms with Crippen molar-refractivity contribution in [3.63, 3.8) is 0 Å². The third kappa shape index (κ3) is 5.05. The number of carbonyl (C=O) groups is 1. The predicted molar refractivity (Wildman–Crippen MR) is 135 cm³/mol. The van der Waals surface area contributed by atoms with Gasteiger partial charge in [-0.3, -0.25) is 0 Å². The van der Waals surface area contributed by atoms with E-state index in [0.29, 0.717) is 13.1 Å². The van der Waals surface area contributed by atoms with Gasteiger partial charge in [-0.25, -0.2) is 4.79 Å². The van der Waals surface area contributed by atoms with Crippen LogP contribution in [0.3, 0.4) is 0 Å². The molecule has 1 atom stereocenters. The molecule has 1 amide bonds. The molecular weight excluding hydrogens is 426 g/mol. The first kappa shape index (κ1) is 23.3. The summed E-state index contributed by atoms with van der Waals surface area (Å²) in [5.74, 6) is 0. The van der Waals surface area contributed by atoms with Gasteiger partial charge in [-0.05, 0) is 27.4 Å². The molecule has 0 aliphatic carbocycles. The lowest BCUT2D eigenvalue weighted by atomic mass is 10.2. The second kappa shape index (κ2) is 9.94. The zero-order valence-corrected chi connectivity index (χ0v) is 20.7. The standard InChI is InChI=1S/C28H33NO3Si/c1-28(2,3)33(25-15-9-5-10-16-25,26-17-11-6-12-18-26)32-24-19-20-29(21-24)27(30)31-22-23-13-7-4-8-14-23/h4-18,24H,19-22H2,1-3H3. The summed E-state index contributed by atoms with van der Waals surface area (Å²) in [6.07, 6.45) is 0.512. The van der Waals surface area contributed by atoms with Gasteiger partial charge in [-0.15, -0.1) is 0 Å². The van der Waals surface area contributed by atoms with E-state index in [4.69, 9.17) is 9.16 Å². The van der Waals surface area contributed by atoms with E-state index in [-0.39, 0.29) is 23.8 Å². The van der Waals surface area contributed by atoms with Crippen LogP contribution in [0.25, 0.3) is 0 Å². The van der Waals surface area contributed by atoms with Crippen molar-refractivity contribution in [1.82, 2.24) is 4.90 Å². The SMILES string of the molecule is CC(C)(C)[Si](OC1CCN(C(=O)OCc2ccccc2)C1)(c1ccccc1)c1ccccc1. The van der Waals surface area contributed by atoms with E-state index in [1.807, 2.05) is 30.3 Å². The molecule has 1 fully saturated rings. The van der Waals surface area contributed by atoms with Gasteiger partial charge >= 0.3 is 6.09 Å². The lowest BCUT2D eigenvalue weighted by molar-refractivity contribution is 0.0984. The van der Waals surface area contributed by atoms with Crippen molar-refractivity contribution in [3.8, 4) is 0 Å². The zero-order chi connectivity index (χ0) is 23.3. The van der Waals surface area contributed by atoms with Gasteiger partial charge in [0.25, 0.3) is 8.32 Å². The van der Waals surface area contributed by atoms with E-state index in [2.05, 4.69) is 81.4 Å². The molecule has 0 N–H and O–H groups in total. The number of hydrogen-bond acceptors (Lipinski definition) is 3. The number of likely N-dealkylation sites (tertiary alicyclic amines) is 1. The van der Waals surface area contributed by atoms with Crippen molar-refractivity contribution in [2.75, 3.05) is 13.1 Å². The van der Waals surface area contributed by atoms with Crippen LogP contribution in [0.15, 0.2) is 91.0 Å². The Morgan fingerprint density at radius 2 is 1.39 bits per heavy atom. The molecule has 172 valence electrons. The highest BCUT2D eigenvalue weighted by atomic mass is 28.4. The summed E-state index contributed by atoms with van der Waals surface area (Å²) in [7, 11) is -2.63. The van der Waals surface area contributed by atoms with Gasteiger partial charge in [0, 0.05) is 13.1 Å². The summed E-state index contributed by atoms with van der Waals surface area (Å²) in [5, 5.41) is 2.43. The second-order valence-electron chi connectivity index (χ2n) is 9.68. The van der Waals surface area contributed by atoms with Gasteiger partial charge in [-0.2, -0.15) is 0 Å². The number of benzene rings is 3. The molecule has 1 unspecified atom stereocenters. The first-order valence-corrected chi connectivity index (χ1v) is 13.6. The van der Waals surface area contributed by atoms with Crippen molar-refractivity contribution >= 4 is 24.8 Å². The third-order valence-electron chi connectivity index (χ3n) is 6.37. The number of rotatable bonds is 6. The van der Waals surface area contributed by atoms with E-state index >= 15 is 0 Å². The highest BCUT2D eigenvalue weighted by Crippen LogP contribution is 2.38. The average molecular weight is 460 g/mol. The molecule has 4 nitrogen and oxygen atoms in total. The number of carbonyl (C=O) groups excluding carboxylic acids is 1. The van der Waals surface area contributed by atoms with Crippen LogP contribution in [0.4, 0.5) is 4.79 Å². The van der Waals surface area contributed by atoms with Crippen LogP contribution in [0.2, 0.25) is 5.04 Å². The van der Waals surface area contributed by atoms with Crippen LogP contribution >= 0.6 is 0 Å². The van der Waals surface area contributed by atoms with E-state index in [9.17, 15) is 4.79 Å². The summed E-state index contributed by atoms with van der Waals surface area (Å²) in [4.78, 5) is 14.5. The van der Waals surface area contributed by atoms with E-state index < -0.39 is 8.32 Å². The molecule has 1 heterocycles. The molecular formula is C28H33NO3Si. The Bertz CT molecular complexity index is 996. The van der Waals surface area contributed by atoms with Gasteiger partial charge in [0.15, 0.2) is 0 Å². The normalized spacial score (nSPS) is 16.6. The number of amides is 1. The van der Waals surface area contributed by atoms with Crippen molar-refractivity contribution in [1.29, 1.82) is 0 Å². The van der Waals surface area contributed by atoms with Gasteiger partial charge in [0.1, 0.15) is 6.61 Å². The van der Waals surface area contributed by atoms with Gasteiger partial charge in [-0.1, -0.05) is 112 Å². The fraction of sp³-hybridized carbons (Fsp3) is 0.321. The van der Waals surface area contributed by atoms with Gasteiger partial charge in [0.05, 0.1) is 6.10 Å². The van der Waals surface area contributed by atoms with Crippen molar-refractivity contribution in [2.24, 2.45) is 0 Å². The van der Waals surface area contributed by atoms with Crippen LogP contribution < -0.4 is 10.4 Å². The summed E-state index contributed by atoms with van der Waals surface area (Å²) in [6.45, 7) is 8.32. The van der Waals surface area contributed by atoms with E-state index in [0.717, 1.165) is 12.0 Å². The quantitative estimate of drug-likeness (QED) is 0.488. The van der Waals surface area contributed by atoms with Gasteiger partial charge < -0.3 is 14.1 Å². The molecule has 0 saturated carbocycles. The highest BCUT2D eigenvalue weighted by Gasteiger charge is 2.52. The molecule has 33 heavy (non-hydrogen) atoms. The van der Waals surface area contributed by atoms with Crippen LogP contribution in [0, 0.1) is 0 Å². The van der Waals surface area contributed by atoms with Crippen LogP contribution in [0.1, 0.15) is 32.8 Å². The fourth-order valence-electron chi connectivity index (χ4n) is 4.74. The Morgan fingerprint density at radius 1 is 0.879 bits per heavy atom. The monoisotopic (exact) mass is 459 g/mol. The maximum absolute atomic E-state index is 12.7. The van der Waals surface area contributed by atoms with Crippen LogP contribution in [-0.2, 0) is 15.8 Å². The molecule has 0 spiro atoms. The van der Waals surface area contributed by atoms with Gasteiger partial charge in [0.2, 0.25) is 0 Å². The molecule has 0 bridgehead atoms. The Hall–Kier alpha value is -2.89. The average Bonchev–Trinajstić information content (AvgIpc) is 3.31. The fourth-order valence-corrected chi connectivity index (χ4v) is 9.45. The number of ether oxygens (including phenoxy) is 1. The number of nitrogens with zero attached hydrogens (tertiary/aromatic N) is 1. The zero-order valence-electron chi connectivity index (χ0n) is 19.7. The topological polar surface area (TPSA) is 38.8 Å². The summed E-state index contributed by atoms with van der Waals surface area (Å²) >= 11 is 0. The Balaban J connectivity index is 1.54. The first-order valence-electron chi connectivity index (χ1n) is 11.6. The second-order valence-corrected chi connectivity index (χ2v) is 13.9. The van der Waals surface area contributed by atoms with Crippen LogP contribution in [-0.4, -0.2) is 38.5 Å². The lowest BCUT2D eigenvalue weighted by Crippen LogP contribution is -2.67. The molecule has 5 heteroatoms. The molecule has 1 aliphatic heterocycles. The lowest BCUT2D eigenvalue weighted by Gasteiger charge is -2.44. The summed E-state index contributed by atoms with van der Waals surface area (Å²) in [5.41, 5.74) is 0.991. The summed E-state index contributed by atoms with van der Waals surface area (Å²) in [6, 6.07) is 31.1. The Morgan fingerprint density at radius 3 is 1.91 bits per heavy atom. The number of hydrogen-bond donors (Lipinski definition) is 0. The minimum absolute atomic E-state index is 0.0272. The molecule has 3 aromatic carbocycles. The smallest absolute Gasteiger partial charge is 0.410 e. The largest absolute Gasteiger partial charge is 0.445 e.